The van der Waals surface area contributed by atoms with E-state index in [0.717, 1.165) is 0 Å². The molecule has 1 heterocycles. The van der Waals surface area contributed by atoms with Crippen molar-refractivity contribution in [3.63, 3.8) is 0 Å². The van der Waals surface area contributed by atoms with Crippen molar-refractivity contribution in [3.05, 3.63) is 34.9 Å². The van der Waals surface area contributed by atoms with Gasteiger partial charge in [0.15, 0.2) is 0 Å². The summed E-state index contributed by atoms with van der Waals surface area (Å²) in [5.74, 6) is -1.48. The molecule has 0 aromatic heterocycles. The van der Waals surface area contributed by atoms with Gasteiger partial charge in [-0.2, -0.15) is 0 Å². The summed E-state index contributed by atoms with van der Waals surface area (Å²) < 4.78 is 11.3. The molecule has 41 heavy (non-hydrogen) atoms. The highest BCUT2D eigenvalue weighted by atomic mass is 35.5. The number of halogens is 1. The van der Waals surface area contributed by atoms with E-state index in [4.69, 9.17) is 21.1 Å². The summed E-state index contributed by atoms with van der Waals surface area (Å²) in [5, 5.41) is 21.2. The Hall–Kier alpha value is -2.89. The Kier molecular flexibility index (Phi) is 13.3. The fourth-order valence-electron chi connectivity index (χ4n) is 4.62. The maximum absolute atomic E-state index is 13.5. The molecule has 2 rings (SSSR count). The van der Waals surface area contributed by atoms with Gasteiger partial charge in [-0.1, -0.05) is 37.6 Å². The number of benzene rings is 1. The first kappa shape index (κ1) is 34.3. The zero-order valence-electron chi connectivity index (χ0n) is 24.8. The van der Waals surface area contributed by atoms with E-state index in [1.54, 1.807) is 31.2 Å². The number of nitrogens with one attached hydrogen (secondary N) is 4. The van der Waals surface area contributed by atoms with E-state index in [2.05, 4.69) is 21.3 Å². The van der Waals surface area contributed by atoms with Gasteiger partial charge in [0, 0.05) is 17.5 Å². The third-order valence-corrected chi connectivity index (χ3v) is 6.70. The van der Waals surface area contributed by atoms with Gasteiger partial charge in [-0.25, -0.2) is 4.79 Å². The molecule has 1 fully saturated rings. The minimum absolute atomic E-state index is 0.0385. The zero-order chi connectivity index (χ0) is 30.7. The van der Waals surface area contributed by atoms with Crippen LogP contribution in [0.1, 0.15) is 66.4 Å². The zero-order valence-corrected chi connectivity index (χ0v) is 25.5. The quantitative estimate of drug-likeness (QED) is 0.221. The smallest absolute Gasteiger partial charge is 0.408 e. The molecule has 0 radical (unpaired) electrons. The van der Waals surface area contributed by atoms with Crippen molar-refractivity contribution in [1.29, 1.82) is 0 Å². The van der Waals surface area contributed by atoms with Crippen LogP contribution in [0.3, 0.4) is 0 Å². The molecule has 0 unspecified atom stereocenters. The SMILES string of the molecule is CC(C)C[C@H](NC(=O)[C@@H](NC(=O)OCc1cccc(Cl)c1)[C@@H](C)OC(C)(C)C)C(=O)N[C@H](CO)C[C@@H]1CCNC1=O. The molecule has 0 aliphatic carbocycles. The molecular weight excluding hydrogens is 552 g/mol. The number of alkyl carbamates (subject to hydrolysis) is 1. The molecule has 1 aliphatic heterocycles. The number of rotatable bonds is 14. The molecule has 1 aromatic carbocycles. The molecule has 0 spiro atoms. The Labute approximate surface area is 247 Å². The lowest BCUT2D eigenvalue weighted by Crippen LogP contribution is -2.59. The Morgan fingerprint density at radius 3 is 2.39 bits per heavy atom. The number of amides is 4. The van der Waals surface area contributed by atoms with Crippen molar-refractivity contribution >= 4 is 35.4 Å². The lowest BCUT2D eigenvalue weighted by molar-refractivity contribution is -0.135. The highest BCUT2D eigenvalue weighted by molar-refractivity contribution is 6.30. The van der Waals surface area contributed by atoms with Gasteiger partial charge in [0.2, 0.25) is 17.7 Å². The minimum atomic E-state index is -1.18. The van der Waals surface area contributed by atoms with Crippen LogP contribution in [0, 0.1) is 11.8 Å². The number of aliphatic hydroxyl groups excluding tert-OH is 1. The first-order valence-electron chi connectivity index (χ1n) is 14.0. The Morgan fingerprint density at radius 2 is 1.83 bits per heavy atom. The van der Waals surface area contributed by atoms with E-state index in [1.807, 2.05) is 34.6 Å². The molecule has 230 valence electrons. The Balaban J connectivity index is 2.13. The number of hydrogen-bond acceptors (Lipinski definition) is 7. The van der Waals surface area contributed by atoms with Gasteiger partial charge in [-0.3, -0.25) is 14.4 Å². The molecule has 1 aromatic rings. The molecular formula is C29H45ClN4O7. The van der Waals surface area contributed by atoms with Gasteiger partial charge in [0.1, 0.15) is 18.7 Å². The largest absolute Gasteiger partial charge is 0.445 e. The summed E-state index contributed by atoms with van der Waals surface area (Å²) in [7, 11) is 0. The van der Waals surface area contributed by atoms with Crippen LogP contribution in [0.15, 0.2) is 24.3 Å². The Bertz CT molecular complexity index is 1050. The van der Waals surface area contributed by atoms with Crippen LogP contribution in [-0.4, -0.2) is 71.9 Å². The van der Waals surface area contributed by atoms with Gasteiger partial charge < -0.3 is 35.8 Å². The highest BCUT2D eigenvalue weighted by Gasteiger charge is 2.35. The molecule has 11 nitrogen and oxygen atoms in total. The van der Waals surface area contributed by atoms with Crippen LogP contribution in [0.5, 0.6) is 0 Å². The average molecular weight is 597 g/mol. The first-order chi connectivity index (χ1) is 19.2. The van der Waals surface area contributed by atoms with E-state index in [-0.39, 0.29) is 37.4 Å². The van der Waals surface area contributed by atoms with E-state index >= 15 is 0 Å². The number of carbonyl (C=O) groups excluding carboxylic acids is 4. The third-order valence-electron chi connectivity index (χ3n) is 6.46. The molecule has 0 bridgehead atoms. The molecule has 4 amide bonds. The van der Waals surface area contributed by atoms with Gasteiger partial charge in [-0.15, -0.1) is 0 Å². The molecule has 5 N–H and O–H groups in total. The number of ether oxygens (including phenoxy) is 2. The number of hydrogen-bond donors (Lipinski definition) is 5. The van der Waals surface area contributed by atoms with Crippen LogP contribution in [-0.2, 0) is 30.5 Å². The molecule has 12 heteroatoms. The second-order valence-electron chi connectivity index (χ2n) is 11.9. The fraction of sp³-hybridized carbons (Fsp3) is 0.655. The van der Waals surface area contributed by atoms with Crippen molar-refractivity contribution in [3.8, 4) is 0 Å². The summed E-state index contributed by atoms with van der Waals surface area (Å²) >= 11 is 6.00. The summed E-state index contributed by atoms with van der Waals surface area (Å²) in [6.45, 7) is 11.1. The first-order valence-corrected chi connectivity index (χ1v) is 14.4. The standard InChI is InChI=1S/C29H45ClN4O7/c1-17(2)12-23(26(37)32-22(15-35)14-20-10-11-31-25(20)36)33-27(38)24(18(3)41-29(4,5)6)34-28(39)40-16-19-8-7-9-21(30)13-19/h7-9,13,17-18,20,22-24,35H,10-12,14-16H2,1-6H3,(H,31,36)(H,32,37)(H,33,38)(H,34,39)/t18-,20+,22+,23+,24+/m1/s1. The van der Waals surface area contributed by atoms with E-state index in [0.29, 0.717) is 30.0 Å². The van der Waals surface area contributed by atoms with Gasteiger partial charge >= 0.3 is 6.09 Å². The average Bonchev–Trinajstić information content (AvgIpc) is 3.27. The lowest BCUT2D eigenvalue weighted by Gasteiger charge is -2.32. The lowest BCUT2D eigenvalue weighted by atomic mass is 9.97. The van der Waals surface area contributed by atoms with Crippen LogP contribution >= 0.6 is 11.6 Å². The van der Waals surface area contributed by atoms with Crippen molar-refractivity contribution in [2.24, 2.45) is 11.8 Å². The second kappa shape index (κ2) is 15.9. The third kappa shape index (κ3) is 12.2. The van der Waals surface area contributed by atoms with E-state index < -0.39 is 47.7 Å². The van der Waals surface area contributed by atoms with Crippen LogP contribution < -0.4 is 21.3 Å². The summed E-state index contributed by atoms with van der Waals surface area (Å²) in [5.41, 5.74) is 0.0507. The van der Waals surface area contributed by atoms with Crippen LogP contribution in [0.25, 0.3) is 0 Å². The summed E-state index contributed by atoms with van der Waals surface area (Å²) in [6.07, 6.45) is -0.392. The van der Waals surface area contributed by atoms with Gasteiger partial charge in [0.25, 0.3) is 0 Å². The monoisotopic (exact) mass is 596 g/mol. The highest BCUT2D eigenvalue weighted by Crippen LogP contribution is 2.18. The minimum Gasteiger partial charge on any atom is -0.445 e. The van der Waals surface area contributed by atoms with Crippen molar-refractivity contribution < 1.29 is 33.8 Å². The van der Waals surface area contributed by atoms with Crippen LogP contribution in [0.4, 0.5) is 4.79 Å². The van der Waals surface area contributed by atoms with Crippen LogP contribution in [0.2, 0.25) is 5.02 Å². The molecule has 5 atom stereocenters. The van der Waals surface area contributed by atoms with E-state index in [9.17, 15) is 24.3 Å². The predicted octanol–water partition coefficient (Wildman–Crippen LogP) is 2.67. The molecule has 1 aliphatic rings. The fourth-order valence-corrected chi connectivity index (χ4v) is 4.84. The van der Waals surface area contributed by atoms with Gasteiger partial charge in [-0.05, 0) is 70.6 Å². The Morgan fingerprint density at radius 1 is 1.12 bits per heavy atom. The van der Waals surface area contributed by atoms with Crippen molar-refractivity contribution in [1.82, 2.24) is 21.3 Å². The topological polar surface area (TPSA) is 155 Å². The van der Waals surface area contributed by atoms with Crippen molar-refractivity contribution in [2.75, 3.05) is 13.2 Å². The maximum atomic E-state index is 13.5. The van der Waals surface area contributed by atoms with E-state index in [1.165, 1.54) is 0 Å². The van der Waals surface area contributed by atoms with Crippen molar-refractivity contribution in [2.45, 2.75) is 97.2 Å². The number of aliphatic hydroxyl groups is 1. The van der Waals surface area contributed by atoms with Gasteiger partial charge in [0.05, 0.1) is 24.4 Å². The molecule has 1 saturated heterocycles. The second-order valence-corrected chi connectivity index (χ2v) is 12.3. The predicted molar refractivity (Wildman–Crippen MR) is 155 cm³/mol. The summed E-state index contributed by atoms with van der Waals surface area (Å²) in [6, 6.07) is 4.07. The molecule has 0 saturated carbocycles. The maximum Gasteiger partial charge on any atom is 0.408 e. The summed E-state index contributed by atoms with van der Waals surface area (Å²) in [4.78, 5) is 51.5. The number of carbonyl (C=O) groups is 4. The normalized spacial score (nSPS) is 18.2.